The Kier molecular flexibility index (Phi) is 6.61. The normalized spacial score (nSPS) is 23.9. The molecule has 5 rings (SSSR count). The molecular formula is C30H26N2O7. The number of methoxy groups -OCH3 is 1. The molecule has 0 spiro atoms. The summed E-state index contributed by atoms with van der Waals surface area (Å²) in [6.45, 7) is 1.41. The second-order valence-corrected chi connectivity index (χ2v) is 9.79. The van der Waals surface area contributed by atoms with Gasteiger partial charge in [0.25, 0.3) is 0 Å². The Bertz CT molecular complexity index is 1470. The third kappa shape index (κ3) is 4.30. The van der Waals surface area contributed by atoms with Crippen molar-refractivity contribution >= 4 is 35.2 Å². The zero-order valence-electron chi connectivity index (χ0n) is 21.3. The lowest BCUT2D eigenvalue weighted by atomic mass is 9.76. The lowest BCUT2D eigenvalue weighted by molar-refractivity contribution is -0.148. The minimum atomic E-state index is -1.78. The molecule has 0 aliphatic carbocycles. The third-order valence-electron chi connectivity index (χ3n) is 7.58. The van der Waals surface area contributed by atoms with Gasteiger partial charge in [0.1, 0.15) is 5.54 Å². The molecule has 4 unspecified atom stereocenters. The van der Waals surface area contributed by atoms with Crippen LogP contribution < -0.4 is 10.2 Å². The van der Waals surface area contributed by atoms with Gasteiger partial charge in [-0.25, -0.2) is 9.69 Å². The van der Waals surface area contributed by atoms with E-state index in [1.165, 1.54) is 50.4 Å². The molecule has 9 heteroatoms. The molecule has 2 aliphatic rings. The number of benzene rings is 3. The number of carbonyl (C=O) groups is 5. The van der Waals surface area contributed by atoms with E-state index < -0.39 is 47.2 Å². The van der Waals surface area contributed by atoms with Crippen molar-refractivity contribution in [1.29, 1.82) is 0 Å². The Hall–Kier alpha value is -4.63. The minimum Gasteiger partial charge on any atom is -0.480 e. The average molecular weight is 527 g/mol. The smallest absolute Gasteiger partial charge is 0.337 e. The number of hydrogen-bond acceptors (Lipinski definition) is 7. The number of amides is 2. The summed E-state index contributed by atoms with van der Waals surface area (Å²) in [5, 5.41) is 13.8. The van der Waals surface area contributed by atoms with E-state index in [4.69, 9.17) is 4.74 Å². The molecule has 2 amide bonds. The quantitative estimate of drug-likeness (QED) is 0.273. The van der Waals surface area contributed by atoms with Crippen LogP contribution in [0.15, 0.2) is 78.9 Å². The van der Waals surface area contributed by atoms with Gasteiger partial charge in [-0.2, -0.15) is 0 Å². The number of carbonyl (C=O) groups excluding carboxylic acids is 4. The highest BCUT2D eigenvalue weighted by atomic mass is 16.5. The van der Waals surface area contributed by atoms with E-state index in [0.29, 0.717) is 22.3 Å². The molecule has 9 nitrogen and oxygen atoms in total. The van der Waals surface area contributed by atoms with Crippen LogP contribution >= 0.6 is 0 Å². The molecular weight excluding hydrogens is 500 g/mol. The summed E-state index contributed by atoms with van der Waals surface area (Å²) >= 11 is 0. The largest absolute Gasteiger partial charge is 0.480 e. The van der Waals surface area contributed by atoms with E-state index in [1.54, 1.807) is 36.4 Å². The number of Topliss-reactive ketones (excluding diaryl/α,β-unsaturated/α-hetero) is 1. The number of hydrogen-bond donors (Lipinski definition) is 2. The van der Waals surface area contributed by atoms with Gasteiger partial charge in [-0.15, -0.1) is 0 Å². The fourth-order valence-electron chi connectivity index (χ4n) is 5.69. The summed E-state index contributed by atoms with van der Waals surface area (Å²) in [5.74, 6) is -5.33. The maximum Gasteiger partial charge on any atom is 0.337 e. The van der Waals surface area contributed by atoms with E-state index in [0.717, 1.165) is 4.90 Å². The van der Waals surface area contributed by atoms with Crippen molar-refractivity contribution in [3.05, 3.63) is 101 Å². The Morgan fingerprint density at radius 2 is 1.51 bits per heavy atom. The second kappa shape index (κ2) is 9.92. The lowest BCUT2D eigenvalue weighted by Gasteiger charge is -2.31. The first-order chi connectivity index (χ1) is 18.7. The van der Waals surface area contributed by atoms with Crippen LogP contribution in [0.1, 0.15) is 44.8 Å². The number of nitrogens with one attached hydrogen (secondary N) is 1. The van der Waals surface area contributed by atoms with Gasteiger partial charge < -0.3 is 9.84 Å². The molecule has 2 N–H and O–H groups in total. The van der Waals surface area contributed by atoms with Gasteiger partial charge in [-0.3, -0.25) is 24.5 Å². The van der Waals surface area contributed by atoms with Crippen molar-refractivity contribution in [2.24, 2.45) is 11.8 Å². The predicted octanol–water partition coefficient (Wildman–Crippen LogP) is 3.19. The number of anilines is 1. The lowest BCUT2D eigenvalue weighted by Crippen LogP contribution is -2.57. The minimum absolute atomic E-state index is 0.0305. The molecule has 3 aromatic carbocycles. The van der Waals surface area contributed by atoms with Gasteiger partial charge in [0.05, 0.1) is 30.2 Å². The van der Waals surface area contributed by atoms with E-state index >= 15 is 0 Å². The van der Waals surface area contributed by atoms with Gasteiger partial charge in [-0.1, -0.05) is 42.5 Å². The summed E-state index contributed by atoms with van der Waals surface area (Å²) < 4.78 is 4.76. The molecule has 0 aromatic heterocycles. The van der Waals surface area contributed by atoms with Crippen molar-refractivity contribution in [2.75, 3.05) is 12.0 Å². The van der Waals surface area contributed by atoms with Crippen LogP contribution in [-0.4, -0.2) is 47.3 Å². The first kappa shape index (κ1) is 26.0. The van der Waals surface area contributed by atoms with E-state index in [2.05, 4.69) is 5.32 Å². The van der Waals surface area contributed by atoms with E-state index in [-0.39, 0.29) is 17.9 Å². The summed E-state index contributed by atoms with van der Waals surface area (Å²) in [5.41, 5.74) is 0.459. The Balaban J connectivity index is 1.61. The fourth-order valence-corrected chi connectivity index (χ4v) is 5.69. The maximum atomic E-state index is 14.0. The standard InChI is InChI=1S/C30H26N2O7/c1-17(33)19-12-14-22(15-13-19)32-26(34)23-24(27(32)35)30(29(37)38,16-18-6-4-3-5-7-18)31-25(23)20-8-10-21(11-9-20)28(36)39-2/h3-15,23-25,31H,16H2,1-2H3,(H,37,38). The number of rotatable bonds is 7. The Labute approximate surface area is 224 Å². The van der Waals surface area contributed by atoms with Crippen LogP contribution in [0.4, 0.5) is 5.69 Å². The van der Waals surface area contributed by atoms with Crippen LogP contribution in [0, 0.1) is 11.8 Å². The molecule has 2 aliphatic heterocycles. The number of nitrogens with zero attached hydrogens (tertiary/aromatic N) is 1. The van der Waals surface area contributed by atoms with Gasteiger partial charge >= 0.3 is 11.9 Å². The number of ketones is 1. The van der Waals surface area contributed by atoms with Gasteiger partial charge in [-0.05, 0) is 54.4 Å². The topological polar surface area (TPSA) is 130 Å². The zero-order valence-corrected chi connectivity index (χ0v) is 21.3. The SMILES string of the molecule is COC(=O)c1ccc(C2NC(Cc3ccccc3)(C(=O)O)C3C(=O)N(c4ccc(C(C)=O)cc4)C(=O)C23)cc1. The molecule has 0 bridgehead atoms. The summed E-state index contributed by atoms with van der Waals surface area (Å²) in [4.78, 5) is 65.6. The van der Waals surface area contributed by atoms with Gasteiger partial charge in [0.15, 0.2) is 5.78 Å². The van der Waals surface area contributed by atoms with Crippen molar-refractivity contribution in [3.8, 4) is 0 Å². The first-order valence-electron chi connectivity index (χ1n) is 12.4. The van der Waals surface area contributed by atoms with Crippen molar-refractivity contribution in [1.82, 2.24) is 5.32 Å². The van der Waals surface area contributed by atoms with Gasteiger partial charge in [0.2, 0.25) is 11.8 Å². The Morgan fingerprint density at radius 1 is 0.897 bits per heavy atom. The molecule has 3 aromatic rings. The van der Waals surface area contributed by atoms with E-state index in [9.17, 15) is 29.1 Å². The molecule has 39 heavy (non-hydrogen) atoms. The summed E-state index contributed by atoms with van der Waals surface area (Å²) in [7, 11) is 1.27. The average Bonchev–Trinajstić information content (AvgIpc) is 3.42. The number of imide groups is 1. The van der Waals surface area contributed by atoms with Crippen LogP contribution in [0.2, 0.25) is 0 Å². The van der Waals surface area contributed by atoms with Gasteiger partial charge in [0, 0.05) is 18.0 Å². The summed E-state index contributed by atoms with van der Waals surface area (Å²) in [6, 6.07) is 20.5. The van der Waals surface area contributed by atoms with Crippen LogP contribution in [0.3, 0.4) is 0 Å². The van der Waals surface area contributed by atoms with Crippen molar-refractivity contribution < 1.29 is 33.8 Å². The fraction of sp³-hybridized carbons (Fsp3) is 0.233. The van der Waals surface area contributed by atoms with Crippen LogP contribution in [0.25, 0.3) is 0 Å². The number of esters is 1. The van der Waals surface area contributed by atoms with Crippen molar-refractivity contribution in [2.45, 2.75) is 24.9 Å². The molecule has 0 radical (unpaired) electrons. The highest BCUT2D eigenvalue weighted by molar-refractivity contribution is 6.24. The molecule has 2 heterocycles. The molecule has 0 saturated carbocycles. The maximum absolute atomic E-state index is 14.0. The van der Waals surface area contributed by atoms with Crippen LogP contribution in [0.5, 0.6) is 0 Å². The number of ether oxygens (including phenoxy) is 1. The van der Waals surface area contributed by atoms with Crippen molar-refractivity contribution in [3.63, 3.8) is 0 Å². The second-order valence-electron chi connectivity index (χ2n) is 9.79. The highest BCUT2D eigenvalue weighted by Gasteiger charge is 2.68. The number of aliphatic carboxylic acids is 1. The molecule has 4 atom stereocenters. The highest BCUT2D eigenvalue weighted by Crippen LogP contribution is 2.51. The zero-order chi connectivity index (χ0) is 27.9. The number of fused-ring (bicyclic) bond motifs is 1. The monoisotopic (exact) mass is 526 g/mol. The van der Waals surface area contributed by atoms with Crippen LogP contribution in [-0.2, 0) is 25.5 Å². The summed E-state index contributed by atoms with van der Waals surface area (Å²) in [6.07, 6.45) is -0.0305. The Morgan fingerprint density at radius 3 is 2.08 bits per heavy atom. The molecule has 2 fully saturated rings. The third-order valence-corrected chi connectivity index (χ3v) is 7.58. The number of carboxylic acids is 1. The number of carboxylic acid groups (broad SMARTS) is 1. The first-order valence-corrected chi connectivity index (χ1v) is 12.4. The molecule has 198 valence electrons. The molecule has 2 saturated heterocycles. The predicted molar refractivity (Wildman–Crippen MR) is 140 cm³/mol. The van der Waals surface area contributed by atoms with E-state index in [1.807, 2.05) is 6.07 Å².